The van der Waals surface area contributed by atoms with E-state index in [4.69, 9.17) is 4.74 Å². The highest BCUT2D eigenvalue weighted by Gasteiger charge is 2.09. The molecule has 0 fully saturated rings. The summed E-state index contributed by atoms with van der Waals surface area (Å²) < 4.78 is 5.70. The first-order chi connectivity index (χ1) is 12.8. The van der Waals surface area contributed by atoms with Gasteiger partial charge in [0, 0.05) is 24.7 Å². The topological polar surface area (TPSA) is 58.6 Å². The summed E-state index contributed by atoms with van der Waals surface area (Å²) in [5.41, 5.74) is 2.84. The molecule has 27 heavy (non-hydrogen) atoms. The number of hydrogen-bond acceptors (Lipinski definition) is 4. The molecule has 6 heteroatoms. The van der Waals surface area contributed by atoms with Gasteiger partial charge in [-0.2, -0.15) is 0 Å². The number of hydrogen-bond donors (Lipinski definition) is 1. The van der Waals surface area contributed by atoms with Crippen molar-refractivity contribution in [2.75, 3.05) is 26.0 Å². The Morgan fingerprint density at radius 1 is 1.11 bits per heavy atom. The summed E-state index contributed by atoms with van der Waals surface area (Å²) in [4.78, 5) is 26.2. The second-order valence-electron chi connectivity index (χ2n) is 6.80. The van der Waals surface area contributed by atoms with E-state index in [1.54, 1.807) is 38.4 Å². The van der Waals surface area contributed by atoms with Gasteiger partial charge in [0.1, 0.15) is 5.75 Å². The molecule has 0 aliphatic heterocycles. The summed E-state index contributed by atoms with van der Waals surface area (Å²) in [7, 11) is 3.42. The summed E-state index contributed by atoms with van der Waals surface area (Å²) in [6.45, 7) is 6.14. The zero-order chi connectivity index (χ0) is 20.0. The number of thioether (sulfide) groups is 1. The standard InChI is InChI=1S/C21H26N2O3S/c1-14(2)16-7-6-15(3)19(12-16)26-13-20(24)22-17-8-10-18(11-9-17)27-21(25)23(4)5/h6-12,14H,13H2,1-5H3,(H,22,24). The van der Waals surface area contributed by atoms with Gasteiger partial charge in [0.25, 0.3) is 11.1 Å². The number of aryl methyl sites for hydroxylation is 1. The van der Waals surface area contributed by atoms with Crippen LogP contribution in [0.4, 0.5) is 10.5 Å². The SMILES string of the molecule is Cc1ccc(C(C)C)cc1OCC(=O)Nc1ccc(SC(=O)N(C)C)cc1. The second-order valence-corrected chi connectivity index (χ2v) is 7.83. The van der Waals surface area contributed by atoms with Gasteiger partial charge in [-0.25, -0.2) is 0 Å². The van der Waals surface area contributed by atoms with Crippen LogP contribution in [0.15, 0.2) is 47.4 Å². The number of nitrogens with one attached hydrogen (secondary N) is 1. The molecule has 0 unspecified atom stereocenters. The third-order valence-electron chi connectivity index (χ3n) is 3.95. The fourth-order valence-corrected chi connectivity index (χ4v) is 2.93. The molecule has 144 valence electrons. The summed E-state index contributed by atoms with van der Waals surface area (Å²) >= 11 is 1.14. The van der Waals surface area contributed by atoms with Crippen LogP contribution in [0.2, 0.25) is 0 Å². The minimum Gasteiger partial charge on any atom is -0.483 e. The van der Waals surface area contributed by atoms with Crippen LogP contribution in [0, 0.1) is 6.92 Å². The van der Waals surface area contributed by atoms with Crippen LogP contribution in [0.1, 0.15) is 30.9 Å². The molecule has 0 aromatic heterocycles. The average Bonchev–Trinajstić information content (AvgIpc) is 2.62. The smallest absolute Gasteiger partial charge is 0.285 e. The summed E-state index contributed by atoms with van der Waals surface area (Å²) in [5.74, 6) is 0.900. The summed E-state index contributed by atoms with van der Waals surface area (Å²) in [6.07, 6.45) is 0. The van der Waals surface area contributed by atoms with Crippen molar-refractivity contribution in [3.05, 3.63) is 53.6 Å². The molecule has 2 amide bonds. The lowest BCUT2D eigenvalue weighted by Gasteiger charge is -2.13. The lowest BCUT2D eigenvalue weighted by molar-refractivity contribution is -0.118. The first-order valence-corrected chi connectivity index (χ1v) is 9.60. The third-order valence-corrected chi connectivity index (χ3v) is 4.99. The Hall–Kier alpha value is -2.47. The van der Waals surface area contributed by atoms with E-state index in [1.807, 2.05) is 19.1 Å². The Labute approximate surface area is 165 Å². The van der Waals surface area contributed by atoms with E-state index in [1.165, 1.54) is 10.5 Å². The Bertz CT molecular complexity index is 802. The average molecular weight is 387 g/mol. The molecule has 2 aromatic rings. The zero-order valence-corrected chi connectivity index (χ0v) is 17.2. The molecule has 0 aliphatic carbocycles. The summed E-state index contributed by atoms with van der Waals surface area (Å²) in [5, 5.41) is 2.76. The Balaban J connectivity index is 1.91. The fraction of sp³-hybridized carbons (Fsp3) is 0.333. The van der Waals surface area contributed by atoms with E-state index < -0.39 is 0 Å². The highest BCUT2D eigenvalue weighted by atomic mass is 32.2. The number of rotatable bonds is 6. The number of benzene rings is 2. The van der Waals surface area contributed by atoms with Gasteiger partial charge in [-0.3, -0.25) is 9.59 Å². The molecule has 0 atom stereocenters. The molecule has 0 bridgehead atoms. The van der Waals surface area contributed by atoms with Crippen molar-refractivity contribution in [1.82, 2.24) is 4.90 Å². The van der Waals surface area contributed by atoms with Crippen LogP contribution in [0.25, 0.3) is 0 Å². The van der Waals surface area contributed by atoms with Gasteiger partial charge in [0.15, 0.2) is 6.61 Å². The van der Waals surface area contributed by atoms with Crippen LogP contribution < -0.4 is 10.1 Å². The van der Waals surface area contributed by atoms with Crippen molar-refractivity contribution < 1.29 is 14.3 Å². The van der Waals surface area contributed by atoms with Gasteiger partial charge < -0.3 is 15.0 Å². The second kappa shape index (κ2) is 9.46. The molecule has 0 radical (unpaired) electrons. The number of nitrogens with zero attached hydrogens (tertiary/aromatic N) is 1. The van der Waals surface area contributed by atoms with Gasteiger partial charge >= 0.3 is 0 Å². The number of carbonyl (C=O) groups excluding carboxylic acids is 2. The van der Waals surface area contributed by atoms with E-state index in [-0.39, 0.29) is 17.8 Å². The van der Waals surface area contributed by atoms with Gasteiger partial charge in [0.05, 0.1) is 0 Å². The predicted octanol–water partition coefficient (Wildman–Crippen LogP) is 4.91. The number of carbonyl (C=O) groups is 2. The van der Waals surface area contributed by atoms with Crippen LogP contribution >= 0.6 is 11.8 Å². The highest BCUT2D eigenvalue weighted by Crippen LogP contribution is 2.25. The number of amides is 2. The molecule has 0 aliphatic rings. The molecular formula is C21H26N2O3S. The van der Waals surface area contributed by atoms with Crippen molar-refractivity contribution in [3.63, 3.8) is 0 Å². The lowest BCUT2D eigenvalue weighted by Crippen LogP contribution is -2.20. The summed E-state index contributed by atoms with van der Waals surface area (Å²) in [6, 6.07) is 13.2. The maximum Gasteiger partial charge on any atom is 0.285 e. The Morgan fingerprint density at radius 2 is 1.78 bits per heavy atom. The van der Waals surface area contributed by atoms with Gasteiger partial charge in [-0.1, -0.05) is 26.0 Å². The quantitative estimate of drug-likeness (QED) is 0.717. The minimum atomic E-state index is -0.228. The molecule has 0 heterocycles. The highest BCUT2D eigenvalue weighted by molar-refractivity contribution is 8.13. The maximum absolute atomic E-state index is 12.2. The van der Waals surface area contributed by atoms with Crippen LogP contribution in [-0.4, -0.2) is 36.7 Å². The first kappa shape index (κ1) is 20.8. The molecule has 1 N–H and O–H groups in total. The monoisotopic (exact) mass is 386 g/mol. The van der Waals surface area contributed by atoms with E-state index in [0.717, 1.165) is 28.0 Å². The van der Waals surface area contributed by atoms with Crippen molar-refractivity contribution in [2.45, 2.75) is 31.6 Å². The van der Waals surface area contributed by atoms with Crippen molar-refractivity contribution in [1.29, 1.82) is 0 Å². The number of ether oxygens (including phenoxy) is 1. The van der Waals surface area contributed by atoms with E-state index in [2.05, 4.69) is 25.2 Å². The van der Waals surface area contributed by atoms with Crippen LogP contribution in [-0.2, 0) is 4.79 Å². The molecule has 0 spiro atoms. The molecule has 0 saturated heterocycles. The molecule has 5 nitrogen and oxygen atoms in total. The lowest BCUT2D eigenvalue weighted by atomic mass is 10.0. The largest absolute Gasteiger partial charge is 0.483 e. The minimum absolute atomic E-state index is 0.0424. The molecule has 2 rings (SSSR count). The normalized spacial score (nSPS) is 10.6. The van der Waals surface area contributed by atoms with Gasteiger partial charge in [0.2, 0.25) is 0 Å². The predicted molar refractivity (Wildman–Crippen MR) is 111 cm³/mol. The van der Waals surface area contributed by atoms with Crippen LogP contribution in [0.3, 0.4) is 0 Å². The van der Waals surface area contributed by atoms with Crippen molar-refractivity contribution >= 4 is 28.6 Å². The van der Waals surface area contributed by atoms with E-state index in [0.29, 0.717) is 11.6 Å². The Morgan fingerprint density at radius 3 is 2.37 bits per heavy atom. The third kappa shape index (κ3) is 6.32. The molecule has 2 aromatic carbocycles. The van der Waals surface area contributed by atoms with Gasteiger partial charge in [-0.15, -0.1) is 0 Å². The van der Waals surface area contributed by atoms with Crippen LogP contribution in [0.5, 0.6) is 5.75 Å². The Kier molecular flexibility index (Phi) is 7.30. The van der Waals surface area contributed by atoms with Gasteiger partial charge in [-0.05, 0) is 66.1 Å². The van der Waals surface area contributed by atoms with Crippen molar-refractivity contribution in [2.24, 2.45) is 0 Å². The maximum atomic E-state index is 12.2. The first-order valence-electron chi connectivity index (χ1n) is 8.78. The fourth-order valence-electron chi connectivity index (χ4n) is 2.27. The van der Waals surface area contributed by atoms with E-state index >= 15 is 0 Å². The van der Waals surface area contributed by atoms with Crippen molar-refractivity contribution in [3.8, 4) is 5.75 Å². The molecular weight excluding hydrogens is 360 g/mol. The number of anilines is 1. The molecule has 0 saturated carbocycles. The van der Waals surface area contributed by atoms with E-state index in [9.17, 15) is 9.59 Å². The zero-order valence-electron chi connectivity index (χ0n) is 16.4.